The number of nitrogens with two attached hydrogens (primary N) is 1. The van der Waals surface area contributed by atoms with Gasteiger partial charge in [-0.25, -0.2) is 9.18 Å². The Morgan fingerprint density at radius 1 is 1.41 bits per heavy atom. The Hall–Kier alpha value is -1.91. The minimum atomic E-state index is -0.358. The lowest BCUT2D eigenvalue weighted by atomic mass is 10.1. The van der Waals surface area contributed by atoms with E-state index in [0.717, 1.165) is 12.0 Å². The van der Waals surface area contributed by atoms with Gasteiger partial charge in [0.15, 0.2) is 0 Å². The molecule has 2 amide bonds. The molecule has 90 valence electrons. The lowest BCUT2D eigenvalue weighted by Gasteiger charge is -2.23. The summed E-state index contributed by atoms with van der Waals surface area (Å²) < 4.78 is 12.9. The molecule has 0 bridgehead atoms. The maximum atomic E-state index is 12.9. The Morgan fingerprint density at radius 3 is 2.65 bits per heavy atom. The van der Waals surface area contributed by atoms with Crippen LogP contribution in [0, 0.1) is 5.82 Å². The number of amides is 2. The number of amidine groups is 1. The molecule has 0 aromatic heterocycles. The Kier molecular flexibility index (Phi) is 3.08. The van der Waals surface area contributed by atoms with Crippen molar-refractivity contribution in [1.82, 2.24) is 4.90 Å². The van der Waals surface area contributed by atoms with Crippen LogP contribution in [-0.2, 0) is 0 Å². The number of aliphatic imine (C=N–C) groups is 1. The third kappa shape index (κ3) is 2.13. The summed E-state index contributed by atoms with van der Waals surface area (Å²) in [6, 6.07) is 5.29. The molecular formula is C12H14FN3O. The smallest absolute Gasteiger partial charge is 0.346 e. The van der Waals surface area contributed by atoms with Gasteiger partial charge >= 0.3 is 6.03 Å². The Morgan fingerprint density at radius 2 is 2.06 bits per heavy atom. The molecule has 1 unspecified atom stereocenters. The zero-order valence-electron chi connectivity index (χ0n) is 9.56. The quantitative estimate of drug-likeness (QED) is 0.871. The van der Waals surface area contributed by atoms with Gasteiger partial charge in [0.2, 0.25) is 0 Å². The summed E-state index contributed by atoms with van der Waals surface area (Å²) in [5.41, 5.74) is 6.54. The molecule has 1 aromatic rings. The van der Waals surface area contributed by atoms with Crippen LogP contribution in [0.3, 0.4) is 0 Å². The minimum absolute atomic E-state index is 0.273. The fourth-order valence-corrected chi connectivity index (χ4v) is 1.97. The van der Waals surface area contributed by atoms with Crippen LogP contribution < -0.4 is 5.73 Å². The van der Waals surface area contributed by atoms with Gasteiger partial charge in [-0.15, -0.1) is 0 Å². The summed E-state index contributed by atoms with van der Waals surface area (Å²) >= 11 is 0. The van der Waals surface area contributed by atoms with Crippen LogP contribution in [0.4, 0.5) is 9.18 Å². The van der Waals surface area contributed by atoms with E-state index in [0.29, 0.717) is 6.54 Å². The zero-order chi connectivity index (χ0) is 12.4. The van der Waals surface area contributed by atoms with Gasteiger partial charge in [-0.2, -0.15) is 4.99 Å². The molecule has 2 N–H and O–H groups in total. The summed E-state index contributed by atoms with van der Waals surface area (Å²) in [5.74, 6) is -0.0364. The zero-order valence-corrected chi connectivity index (χ0v) is 9.56. The predicted molar refractivity (Wildman–Crippen MR) is 63.2 cm³/mol. The normalized spacial score (nSPS) is 19.6. The van der Waals surface area contributed by atoms with Gasteiger partial charge in [0.25, 0.3) is 0 Å². The van der Waals surface area contributed by atoms with Crippen molar-refractivity contribution in [3.8, 4) is 0 Å². The molecule has 0 saturated carbocycles. The van der Waals surface area contributed by atoms with Gasteiger partial charge in [-0.05, 0) is 24.1 Å². The summed E-state index contributed by atoms with van der Waals surface area (Å²) in [6.07, 6.45) is 0.826. The van der Waals surface area contributed by atoms with Gasteiger partial charge in [-0.1, -0.05) is 19.1 Å². The van der Waals surface area contributed by atoms with Gasteiger partial charge < -0.3 is 10.6 Å². The molecule has 0 spiro atoms. The lowest BCUT2D eigenvalue weighted by Crippen LogP contribution is -2.33. The number of carbonyl (C=O) groups is 1. The molecule has 0 radical (unpaired) electrons. The molecule has 1 atom stereocenters. The average molecular weight is 235 g/mol. The van der Waals surface area contributed by atoms with Crippen molar-refractivity contribution in [2.24, 2.45) is 10.7 Å². The number of benzene rings is 1. The van der Waals surface area contributed by atoms with Crippen molar-refractivity contribution in [2.45, 2.75) is 19.4 Å². The predicted octanol–water partition coefficient (Wildman–Crippen LogP) is 2.07. The number of hydrogen-bond acceptors (Lipinski definition) is 2. The van der Waals surface area contributed by atoms with Crippen molar-refractivity contribution in [3.63, 3.8) is 0 Å². The Bertz CT molecular complexity index is 455. The van der Waals surface area contributed by atoms with E-state index in [2.05, 4.69) is 4.99 Å². The van der Waals surface area contributed by atoms with Crippen molar-refractivity contribution in [2.75, 3.05) is 6.54 Å². The average Bonchev–Trinajstić information content (AvgIpc) is 2.56. The highest BCUT2D eigenvalue weighted by atomic mass is 19.1. The number of rotatable bonds is 3. The second-order valence-corrected chi connectivity index (χ2v) is 3.97. The minimum Gasteiger partial charge on any atom is -0.385 e. The van der Waals surface area contributed by atoms with Crippen LogP contribution in [0.25, 0.3) is 0 Å². The molecular weight excluding hydrogens is 221 g/mol. The second-order valence-electron chi connectivity index (χ2n) is 3.97. The fourth-order valence-electron chi connectivity index (χ4n) is 1.97. The summed E-state index contributed by atoms with van der Waals surface area (Å²) in [5, 5.41) is 0. The highest BCUT2D eigenvalue weighted by molar-refractivity contribution is 6.03. The monoisotopic (exact) mass is 235 g/mol. The highest BCUT2D eigenvalue weighted by Gasteiger charge is 2.33. The SMILES string of the molecule is CCCN1C(=O)N=C(N)C1c1ccc(F)cc1. The molecule has 1 heterocycles. The van der Waals surface area contributed by atoms with Crippen LogP contribution in [-0.4, -0.2) is 23.3 Å². The first kappa shape index (κ1) is 11.6. The first-order valence-electron chi connectivity index (χ1n) is 5.53. The number of hydrogen-bond donors (Lipinski definition) is 1. The molecule has 5 heteroatoms. The van der Waals surface area contributed by atoms with Gasteiger partial charge in [0.1, 0.15) is 17.7 Å². The molecule has 17 heavy (non-hydrogen) atoms. The van der Waals surface area contributed by atoms with E-state index >= 15 is 0 Å². The highest BCUT2D eigenvalue weighted by Crippen LogP contribution is 2.26. The molecule has 0 fully saturated rings. The largest absolute Gasteiger partial charge is 0.385 e. The van der Waals surface area contributed by atoms with Crippen LogP contribution in [0.1, 0.15) is 24.9 Å². The third-order valence-corrected chi connectivity index (χ3v) is 2.71. The molecule has 0 aliphatic carbocycles. The van der Waals surface area contributed by atoms with E-state index in [4.69, 9.17) is 5.73 Å². The Labute approximate surface area is 98.9 Å². The van der Waals surface area contributed by atoms with Crippen LogP contribution >= 0.6 is 0 Å². The van der Waals surface area contributed by atoms with Gasteiger partial charge in [0.05, 0.1) is 0 Å². The van der Waals surface area contributed by atoms with Crippen LogP contribution in [0.2, 0.25) is 0 Å². The summed E-state index contributed by atoms with van der Waals surface area (Å²) in [7, 11) is 0. The topological polar surface area (TPSA) is 58.7 Å². The summed E-state index contributed by atoms with van der Waals surface area (Å²) in [6.45, 7) is 2.56. The fraction of sp³-hybridized carbons (Fsp3) is 0.333. The molecule has 1 aliphatic rings. The first-order valence-corrected chi connectivity index (χ1v) is 5.53. The van der Waals surface area contributed by atoms with Crippen molar-refractivity contribution < 1.29 is 9.18 Å². The first-order chi connectivity index (χ1) is 8.13. The van der Waals surface area contributed by atoms with E-state index in [1.165, 1.54) is 12.1 Å². The number of urea groups is 1. The van der Waals surface area contributed by atoms with Crippen molar-refractivity contribution >= 4 is 11.9 Å². The second kappa shape index (κ2) is 4.53. The van der Waals surface area contributed by atoms with E-state index in [9.17, 15) is 9.18 Å². The summed E-state index contributed by atoms with van der Waals surface area (Å²) in [4.78, 5) is 17.0. The van der Waals surface area contributed by atoms with E-state index in [1.807, 2.05) is 6.92 Å². The molecule has 2 rings (SSSR count). The maximum absolute atomic E-state index is 12.9. The van der Waals surface area contributed by atoms with Crippen LogP contribution in [0.15, 0.2) is 29.3 Å². The molecule has 4 nitrogen and oxygen atoms in total. The van der Waals surface area contributed by atoms with E-state index in [-0.39, 0.29) is 23.7 Å². The van der Waals surface area contributed by atoms with Gasteiger partial charge in [0, 0.05) is 6.54 Å². The van der Waals surface area contributed by atoms with E-state index < -0.39 is 0 Å². The lowest BCUT2D eigenvalue weighted by molar-refractivity contribution is 0.206. The number of nitrogens with zero attached hydrogens (tertiary/aromatic N) is 2. The number of carbonyl (C=O) groups excluding carboxylic acids is 1. The molecule has 0 saturated heterocycles. The van der Waals surface area contributed by atoms with Crippen LogP contribution in [0.5, 0.6) is 0 Å². The molecule has 1 aromatic carbocycles. The van der Waals surface area contributed by atoms with E-state index in [1.54, 1.807) is 17.0 Å². The number of halogens is 1. The third-order valence-electron chi connectivity index (χ3n) is 2.71. The Balaban J connectivity index is 2.31. The molecule has 1 aliphatic heterocycles. The van der Waals surface area contributed by atoms with Gasteiger partial charge in [-0.3, -0.25) is 0 Å². The standard InChI is InChI=1S/C12H14FN3O/c1-2-7-16-10(11(14)15-12(16)17)8-3-5-9(13)6-4-8/h3-6,10H,2,7H2,1H3,(H2,14,15,17). The maximum Gasteiger partial charge on any atom is 0.346 e. The van der Waals surface area contributed by atoms with Crippen molar-refractivity contribution in [3.05, 3.63) is 35.6 Å². The van der Waals surface area contributed by atoms with Crippen molar-refractivity contribution in [1.29, 1.82) is 0 Å².